The zero-order chi connectivity index (χ0) is 14.0. The van der Waals surface area contributed by atoms with Gasteiger partial charge in [0.25, 0.3) is 0 Å². The highest BCUT2D eigenvalue weighted by molar-refractivity contribution is 5.66. The second-order valence-electron chi connectivity index (χ2n) is 5.84. The van der Waals surface area contributed by atoms with Crippen molar-refractivity contribution in [1.82, 2.24) is 4.98 Å². The van der Waals surface area contributed by atoms with Crippen molar-refractivity contribution in [1.29, 1.82) is 0 Å². The fourth-order valence-corrected chi connectivity index (χ4v) is 2.09. The Bertz CT molecular complexity index is 565. The van der Waals surface area contributed by atoms with E-state index in [-0.39, 0.29) is 11.2 Å². The maximum Gasteiger partial charge on any atom is 0.123 e. The summed E-state index contributed by atoms with van der Waals surface area (Å²) >= 11 is 0. The SMILES string of the molecule is CCc1cc(C(C)(C)C)ncc1-c1ccc(F)cc1. The van der Waals surface area contributed by atoms with Gasteiger partial charge in [0.05, 0.1) is 0 Å². The molecule has 0 saturated heterocycles. The van der Waals surface area contributed by atoms with Crippen molar-refractivity contribution in [3.8, 4) is 11.1 Å². The number of aromatic nitrogens is 1. The predicted molar refractivity (Wildman–Crippen MR) is 77.7 cm³/mol. The molecule has 0 aliphatic rings. The van der Waals surface area contributed by atoms with Gasteiger partial charge in [0, 0.05) is 22.9 Å². The Morgan fingerprint density at radius 2 is 1.74 bits per heavy atom. The van der Waals surface area contributed by atoms with Gasteiger partial charge in [0.1, 0.15) is 5.82 Å². The second-order valence-corrected chi connectivity index (χ2v) is 5.84. The number of rotatable bonds is 2. The van der Waals surface area contributed by atoms with Gasteiger partial charge in [0.2, 0.25) is 0 Å². The monoisotopic (exact) mass is 257 g/mol. The number of hydrogen-bond donors (Lipinski definition) is 0. The molecule has 100 valence electrons. The lowest BCUT2D eigenvalue weighted by Crippen LogP contribution is -2.14. The molecule has 0 unspecified atom stereocenters. The van der Waals surface area contributed by atoms with E-state index in [0.29, 0.717) is 0 Å². The lowest BCUT2D eigenvalue weighted by Gasteiger charge is -2.20. The first-order valence-electron chi connectivity index (χ1n) is 6.67. The lowest BCUT2D eigenvalue weighted by atomic mass is 9.89. The number of hydrogen-bond acceptors (Lipinski definition) is 1. The maximum absolute atomic E-state index is 13.0. The van der Waals surface area contributed by atoms with Crippen LogP contribution in [0.15, 0.2) is 36.5 Å². The van der Waals surface area contributed by atoms with Crippen LogP contribution in [-0.2, 0) is 11.8 Å². The molecule has 0 fully saturated rings. The molecule has 1 aromatic carbocycles. The normalized spacial score (nSPS) is 11.6. The molecule has 0 bridgehead atoms. The topological polar surface area (TPSA) is 12.9 Å². The van der Waals surface area contributed by atoms with Crippen molar-refractivity contribution < 1.29 is 4.39 Å². The second kappa shape index (κ2) is 5.12. The third kappa shape index (κ3) is 3.01. The zero-order valence-corrected chi connectivity index (χ0v) is 12.0. The van der Waals surface area contributed by atoms with Crippen LogP contribution >= 0.6 is 0 Å². The molecule has 1 nitrogen and oxygen atoms in total. The summed E-state index contributed by atoms with van der Waals surface area (Å²) < 4.78 is 13.0. The minimum Gasteiger partial charge on any atom is -0.260 e. The average Bonchev–Trinajstić information content (AvgIpc) is 2.38. The fourth-order valence-electron chi connectivity index (χ4n) is 2.09. The van der Waals surface area contributed by atoms with Crippen molar-refractivity contribution >= 4 is 0 Å². The van der Waals surface area contributed by atoms with Crippen molar-refractivity contribution in [2.24, 2.45) is 0 Å². The van der Waals surface area contributed by atoms with Gasteiger partial charge in [0.15, 0.2) is 0 Å². The number of benzene rings is 1. The van der Waals surface area contributed by atoms with Gasteiger partial charge >= 0.3 is 0 Å². The highest BCUT2D eigenvalue weighted by atomic mass is 19.1. The van der Waals surface area contributed by atoms with Crippen molar-refractivity contribution in [2.75, 3.05) is 0 Å². The Balaban J connectivity index is 2.50. The molecule has 0 amide bonds. The molecule has 2 heteroatoms. The maximum atomic E-state index is 13.0. The largest absolute Gasteiger partial charge is 0.260 e. The Morgan fingerprint density at radius 1 is 1.11 bits per heavy atom. The van der Waals surface area contributed by atoms with Crippen LogP contribution in [0.25, 0.3) is 11.1 Å². The summed E-state index contributed by atoms with van der Waals surface area (Å²) in [6, 6.07) is 8.77. The molecule has 2 aromatic rings. The Labute approximate surface area is 114 Å². The van der Waals surface area contributed by atoms with Crippen LogP contribution in [-0.4, -0.2) is 4.98 Å². The average molecular weight is 257 g/mol. The van der Waals surface area contributed by atoms with Gasteiger partial charge in [-0.3, -0.25) is 4.98 Å². The lowest BCUT2D eigenvalue weighted by molar-refractivity contribution is 0.568. The van der Waals surface area contributed by atoms with Gasteiger partial charge in [-0.2, -0.15) is 0 Å². The van der Waals surface area contributed by atoms with Gasteiger partial charge in [-0.05, 0) is 35.7 Å². The molecule has 2 rings (SSSR count). The van der Waals surface area contributed by atoms with Gasteiger partial charge in [-0.15, -0.1) is 0 Å². The molecule has 0 aliphatic heterocycles. The van der Waals surface area contributed by atoms with Crippen molar-refractivity contribution in [2.45, 2.75) is 39.5 Å². The number of halogens is 1. The number of nitrogens with zero attached hydrogens (tertiary/aromatic N) is 1. The first kappa shape index (κ1) is 13.7. The molecule has 1 aromatic heterocycles. The third-order valence-electron chi connectivity index (χ3n) is 3.29. The summed E-state index contributed by atoms with van der Waals surface area (Å²) in [7, 11) is 0. The van der Waals surface area contributed by atoms with E-state index in [4.69, 9.17) is 0 Å². The molecule has 19 heavy (non-hydrogen) atoms. The van der Waals surface area contributed by atoms with E-state index >= 15 is 0 Å². The van der Waals surface area contributed by atoms with Crippen LogP contribution in [0.1, 0.15) is 39.0 Å². The van der Waals surface area contributed by atoms with Crippen molar-refractivity contribution in [3.63, 3.8) is 0 Å². The van der Waals surface area contributed by atoms with E-state index in [1.54, 1.807) is 0 Å². The standard InChI is InChI=1S/C17H20FN/c1-5-12-10-16(17(2,3)4)19-11-15(12)13-6-8-14(18)9-7-13/h6-11H,5H2,1-4H3. The van der Waals surface area contributed by atoms with E-state index in [1.165, 1.54) is 17.7 Å². The van der Waals surface area contributed by atoms with Gasteiger partial charge < -0.3 is 0 Å². The van der Waals surface area contributed by atoms with Crippen LogP contribution in [0.3, 0.4) is 0 Å². The van der Waals surface area contributed by atoms with E-state index in [9.17, 15) is 4.39 Å². The third-order valence-corrected chi connectivity index (χ3v) is 3.29. The summed E-state index contributed by atoms with van der Waals surface area (Å²) in [6.07, 6.45) is 2.85. The van der Waals surface area contributed by atoms with Crippen LogP contribution in [0.4, 0.5) is 4.39 Å². The first-order chi connectivity index (χ1) is 8.91. The van der Waals surface area contributed by atoms with E-state index in [1.807, 2.05) is 18.3 Å². The summed E-state index contributed by atoms with van der Waals surface area (Å²) in [5.41, 5.74) is 4.51. The summed E-state index contributed by atoms with van der Waals surface area (Å²) in [6.45, 7) is 8.61. The molecule has 0 atom stereocenters. The van der Waals surface area contributed by atoms with Crippen LogP contribution in [0.5, 0.6) is 0 Å². The van der Waals surface area contributed by atoms with E-state index in [2.05, 4.69) is 38.7 Å². The molecule has 0 aliphatic carbocycles. The van der Waals surface area contributed by atoms with Crippen LogP contribution in [0, 0.1) is 5.82 Å². The Kier molecular flexibility index (Phi) is 3.70. The molecular formula is C17H20FN. The number of aryl methyl sites for hydroxylation is 1. The molecule has 0 N–H and O–H groups in total. The first-order valence-corrected chi connectivity index (χ1v) is 6.67. The predicted octanol–water partition coefficient (Wildman–Crippen LogP) is 4.75. The van der Waals surface area contributed by atoms with E-state index < -0.39 is 0 Å². The number of pyridine rings is 1. The smallest absolute Gasteiger partial charge is 0.123 e. The fraction of sp³-hybridized carbons (Fsp3) is 0.353. The summed E-state index contributed by atoms with van der Waals surface area (Å²) in [5, 5.41) is 0. The molecular weight excluding hydrogens is 237 g/mol. The Morgan fingerprint density at radius 3 is 2.26 bits per heavy atom. The van der Waals surface area contributed by atoms with Crippen LogP contribution in [0.2, 0.25) is 0 Å². The summed E-state index contributed by atoms with van der Waals surface area (Å²) in [4.78, 5) is 4.56. The Hall–Kier alpha value is -1.70. The quantitative estimate of drug-likeness (QED) is 0.756. The van der Waals surface area contributed by atoms with Gasteiger partial charge in [-0.25, -0.2) is 4.39 Å². The minimum atomic E-state index is -0.207. The minimum absolute atomic E-state index is 0.0469. The molecule has 1 heterocycles. The van der Waals surface area contributed by atoms with Crippen LogP contribution < -0.4 is 0 Å². The van der Waals surface area contributed by atoms with Gasteiger partial charge in [-0.1, -0.05) is 39.8 Å². The highest BCUT2D eigenvalue weighted by Crippen LogP contribution is 2.28. The highest BCUT2D eigenvalue weighted by Gasteiger charge is 2.17. The molecule has 0 spiro atoms. The molecule has 0 radical (unpaired) electrons. The van der Waals surface area contributed by atoms with E-state index in [0.717, 1.165) is 23.2 Å². The molecule has 0 saturated carbocycles. The van der Waals surface area contributed by atoms with Crippen molar-refractivity contribution in [3.05, 3.63) is 53.6 Å². The zero-order valence-electron chi connectivity index (χ0n) is 12.0. The summed E-state index contributed by atoms with van der Waals surface area (Å²) in [5.74, 6) is -0.207.